The predicted octanol–water partition coefficient (Wildman–Crippen LogP) is 6.29. The first-order chi connectivity index (χ1) is 15.7. The van der Waals surface area contributed by atoms with Crippen molar-refractivity contribution in [3.05, 3.63) is 89.7 Å². The highest BCUT2D eigenvalue weighted by Crippen LogP contribution is 2.36. The van der Waals surface area contributed by atoms with Gasteiger partial charge >= 0.3 is 0 Å². The summed E-state index contributed by atoms with van der Waals surface area (Å²) in [5.41, 5.74) is 8.61. The molecule has 5 rings (SSSR count). The van der Waals surface area contributed by atoms with Crippen molar-refractivity contribution in [2.75, 3.05) is 0 Å². The van der Waals surface area contributed by atoms with E-state index in [0.29, 0.717) is 0 Å². The Labute approximate surface area is 192 Å². The van der Waals surface area contributed by atoms with Crippen molar-refractivity contribution in [3.8, 4) is 22.3 Å². The van der Waals surface area contributed by atoms with Crippen LogP contribution in [0.25, 0.3) is 44.1 Å². The van der Waals surface area contributed by atoms with Crippen LogP contribution in [0.2, 0.25) is 0 Å². The molecule has 0 atom stereocenters. The zero-order chi connectivity index (χ0) is 23.3. The van der Waals surface area contributed by atoms with Crippen LogP contribution in [0.3, 0.4) is 0 Å². The number of pyridine rings is 2. The van der Waals surface area contributed by atoms with Crippen molar-refractivity contribution < 1.29 is 13.0 Å². The summed E-state index contributed by atoms with van der Waals surface area (Å²) in [6.07, 6.45) is 0. The summed E-state index contributed by atoms with van der Waals surface area (Å²) < 4.78 is 32.2. The summed E-state index contributed by atoms with van der Waals surface area (Å²) in [4.78, 5) is 9.56. The lowest BCUT2D eigenvalue weighted by Crippen LogP contribution is -1.98. The minimum absolute atomic E-state index is 0.133. The average molecular weight is 455 g/mol. The molecule has 0 spiro atoms. The first-order valence-corrected chi connectivity index (χ1v) is 12.0. The summed E-state index contributed by atoms with van der Waals surface area (Å²) in [7, 11) is -4.24. The number of aryl methyl sites for hydroxylation is 3. The smallest absolute Gasteiger partial charge is 0.282 e. The van der Waals surface area contributed by atoms with Crippen molar-refractivity contribution in [2.45, 2.75) is 25.7 Å². The van der Waals surface area contributed by atoms with Gasteiger partial charge in [-0.1, -0.05) is 54.1 Å². The average Bonchev–Trinajstić information content (AvgIpc) is 2.78. The molecule has 0 radical (unpaired) electrons. The highest BCUT2D eigenvalue weighted by Gasteiger charge is 2.15. The Morgan fingerprint density at radius 1 is 0.636 bits per heavy atom. The van der Waals surface area contributed by atoms with Crippen LogP contribution < -0.4 is 0 Å². The number of nitrogens with zero attached hydrogens (tertiary/aromatic N) is 2. The largest absolute Gasteiger partial charge is 0.294 e. The van der Waals surface area contributed by atoms with E-state index in [4.69, 9.17) is 9.97 Å². The molecule has 0 bridgehead atoms. The molecular formula is C27H22N2O3S. The number of fused-ring (bicyclic) bond motifs is 3. The second kappa shape index (κ2) is 7.76. The van der Waals surface area contributed by atoms with Gasteiger partial charge in [-0.3, -0.25) is 14.5 Å². The quantitative estimate of drug-likeness (QED) is 0.256. The highest BCUT2D eigenvalue weighted by atomic mass is 32.2. The molecule has 33 heavy (non-hydrogen) atoms. The lowest BCUT2D eigenvalue weighted by atomic mass is 9.95. The molecule has 0 aliphatic carbocycles. The Morgan fingerprint density at radius 2 is 1.06 bits per heavy atom. The third-order valence-corrected chi connectivity index (χ3v) is 6.71. The molecular weight excluding hydrogens is 432 g/mol. The Bertz CT molecular complexity index is 1640. The van der Waals surface area contributed by atoms with E-state index < -0.39 is 10.1 Å². The van der Waals surface area contributed by atoms with Crippen LogP contribution in [0.4, 0.5) is 0 Å². The van der Waals surface area contributed by atoms with E-state index >= 15 is 0 Å². The number of aromatic nitrogens is 2. The zero-order valence-electron chi connectivity index (χ0n) is 18.5. The third kappa shape index (κ3) is 3.88. The van der Waals surface area contributed by atoms with Gasteiger partial charge in [0.25, 0.3) is 10.1 Å². The second-order valence-corrected chi connectivity index (χ2v) is 9.77. The maximum atomic E-state index is 11.4. The van der Waals surface area contributed by atoms with Crippen LogP contribution in [-0.2, 0) is 10.1 Å². The minimum atomic E-state index is -4.24. The van der Waals surface area contributed by atoms with E-state index in [9.17, 15) is 13.0 Å². The first kappa shape index (κ1) is 21.2. The number of benzene rings is 3. The molecule has 3 aromatic carbocycles. The fraction of sp³-hybridized carbons (Fsp3) is 0.111. The van der Waals surface area contributed by atoms with Crippen LogP contribution in [0.5, 0.6) is 0 Å². The molecule has 6 heteroatoms. The molecule has 0 amide bonds. The normalized spacial score (nSPS) is 11.9. The fourth-order valence-corrected chi connectivity index (χ4v) is 4.73. The van der Waals surface area contributed by atoms with Gasteiger partial charge in [-0.15, -0.1) is 0 Å². The number of rotatable bonds is 3. The van der Waals surface area contributed by atoms with Crippen LogP contribution in [0.1, 0.15) is 17.0 Å². The third-order valence-electron chi connectivity index (χ3n) is 5.84. The van der Waals surface area contributed by atoms with E-state index in [1.807, 2.05) is 26.0 Å². The molecule has 0 saturated heterocycles. The van der Waals surface area contributed by atoms with E-state index in [1.165, 1.54) is 17.7 Å². The molecule has 164 valence electrons. The van der Waals surface area contributed by atoms with Gasteiger partial charge in [0.2, 0.25) is 0 Å². The summed E-state index contributed by atoms with van der Waals surface area (Å²) in [5.74, 6) is 0. The van der Waals surface area contributed by atoms with E-state index in [0.717, 1.165) is 55.4 Å². The van der Waals surface area contributed by atoms with Crippen molar-refractivity contribution in [2.24, 2.45) is 0 Å². The molecule has 0 aliphatic rings. The Morgan fingerprint density at radius 3 is 1.48 bits per heavy atom. The van der Waals surface area contributed by atoms with Gasteiger partial charge in [-0.25, -0.2) is 0 Å². The van der Waals surface area contributed by atoms with Crippen molar-refractivity contribution in [1.29, 1.82) is 0 Å². The number of hydrogen-bond donors (Lipinski definition) is 1. The Balaban J connectivity index is 1.78. The summed E-state index contributed by atoms with van der Waals surface area (Å²) in [6.45, 7) is 6.00. The standard InChI is InChI=1S/C27H22N2O3S/c1-16-4-6-19(7-5-16)24-14-17(2)28-26-22(24)12-13-23-25(15-18(3)29-27(23)26)20-8-10-21(11-9-20)33(30,31)32/h4-15H,1-3H3,(H,30,31,32). The zero-order valence-corrected chi connectivity index (χ0v) is 19.3. The molecule has 0 aliphatic heterocycles. The minimum Gasteiger partial charge on any atom is -0.282 e. The summed E-state index contributed by atoms with van der Waals surface area (Å²) in [5, 5.41) is 1.96. The van der Waals surface area contributed by atoms with Gasteiger partial charge in [0.05, 0.1) is 15.9 Å². The molecule has 5 nitrogen and oxygen atoms in total. The van der Waals surface area contributed by atoms with Gasteiger partial charge in [0, 0.05) is 22.2 Å². The van der Waals surface area contributed by atoms with Crippen LogP contribution in [-0.4, -0.2) is 22.9 Å². The SMILES string of the molecule is Cc1ccc(-c2cc(C)nc3c2ccc2c(-c4ccc(S(=O)(=O)O)cc4)cc(C)nc23)cc1. The predicted molar refractivity (Wildman–Crippen MR) is 132 cm³/mol. The molecule has 2 aromatic heterocycles. The maximum Gasteiger partial charge on any atom is 0.294 e. The van der Waals surface area contributed by atoms with Crippen molar-refractivity contribution in [1.82, 2.24) is 9.97 Å². The molecule has 0 fully saturated rings. The Kier molecular flexibility index (Phi) is 5.00. The van der Waals surface area contributed by atoms with Gasteiger partial charge in [-0.2, -0.15) is 8.42 Å². The van der Waals surface area contributed by atoms with E-state index in [-0.39, 0.29) is 4.90 Å². The van der Waals surface area contributed by atoms with Crippen LogP contribution in [0.15, 0.2) is 77.7 Å². The fourth-order valence-electron chi connectivity index (χ4n) is 4.25. The van der Waals surface area contributed by atoms with E-state index in [2.05, 4.69) is 43.3 Å². The summed E-state index contributed by atoms with van der Waals surface area (Å²) >= 11 is 0. The van der Waals surface area contributed by atoms with Crippen molar-refractivity contribution >= 4 is 31.9 Å². The number of hydrogen-bond acceptors (Lipinski definition) is 4. The first-order valence-electron chi connectivity index (χ1n) is 10.6. The molecule has 0 unspecified atom stereocenters. The van der Waals surface area contributed by atoms with E-state index in [1.54, 1.807) is 12.1 Å². The lowest BCUT2D eigenvalue weighted by Gasteiger charge is -2.14. The van der Waals surface area contributed by atoms with Gasteiger partial charge in [0.15, 0.2) is 0 Å². The van der Waals surface area contributed by atoms with Crippen LogP contribution in [0, 0.1) is 20.8 Å². The van der Waals surface area contributed by atoms with Gasteiger partial charge in [0.1, 0.15) is 0 Å². The van der Waals surface area contributed by atoms with Gasteiger partial charge < -0.3 is 0 Å². The lowest BCUT2D eigenvalue weighted by molar-refractivity contribution is 0.483. The van der Waals surface area contributed by atoms with Crippen molar-refractivity contribution in [3.63, 3.8) is 0 Å². The Hall–Kier alpha value is -3.61. The summed E-state index contributed by atoms with van der Waals surface area (Å²) in [6, 6.07) is 22.9. The second-order valence-electron chi connectivity index (χ2n) is 8.35. The molecule has 1 N–H and O–H groups in total. The van der Waals surface area contributed by atoms with Gasteiger partial charge in [-0.05, 0) is 67.3 Å². The molecule has 0 saturated carbocycles. The molecule has 2 heterocycles. The highest BCUT2D eigenvalue weighted by molar-refractivity contribution is 7.85. The maximum absolute atomic E-state index is 11.4. The van der Waals surface area contributed by atoms with Crippen LogP contribution >= 0.6 is 0 Å². The monoisotopic (exact) mass is 454 g/mol. The topological polar surface area (TPSA) is 80.2 Å². The molecule has 5 aromatic rings.